The first-order chi connectivity index (χ1) is 17.6. The van der Waals surface area contributed by atoms with Crippen LogP contribution in [0.5, 0.6) is 11.5 Å². The Balaban J connectivity index is 1.12. The molecule has 4 heterocycles. The van der Waals surface area contributed by atoms with Crippen LogP contribution in [0.3, 0.4) is 0 Å². The molecule has 0 saturated carbocycles. The van der Waals surface area contributed by atoms with Gasteiger partial charge in [0, 0.05) is 49.9 Å². The molecule has 0 amide bonds. The Labute approximate surface area is 208 Å². The number of likely N-dealkylation sites (tertiary alicyclic amines) is 1. The lowest BCUT2D eigenvalue weighted by Crippen LogP contribution is -2.48. The molecule has 2 bridgehead atoms. The lowest BCUT2D eigenvalue weighted by atomic mass is 9.83. The average molecular weight is 485 g/mol. The maximum absolute atomic E-state index is 13.1. The summed E-state index contributed by atoms with van der Waals surface area (Å²) in [4.78, 5) is 27.7. The summed E-state index contributed by atoms with van der Waals surface area (Å²) in [7, 11) is 1.61. The zero-order valence-corrected chi connectivity index (χ0v) is 20.2. The molecule has 0 unspecified atom stereocenters. The minimum absolute atomic E-state index is 0.0767. The largest absolute Gasteiger partial charge is 0.497 e. The summed E-state index contributed by atoms with van der Waals surface area (Å²) in [5.41, 5.74) is 2.99. The molecule has 7 heteroatoms. The zero-order valence-electron chi connectivity index (χ0n) is 20.2. The number of nitrogens with zero attached hydrogens (tertiary/aromatic N) is 2. The van der Waals surface area contributed by atoms with Gasteiger partial charge < -0.3 is 18.5 Å². The first-order valence-corrected chi connectivity index (χ1v) is 12.3. The zero-order chi connectivity index (χ0) is 24.6. The maximum atomic E-state index is 13.1. The second-order valence-electron chi connectivity index (χ2n) is 9.67. The molecule has 4 aromatic rings. The summed E-state index contributed by atoms with van der Waals surface area (Å²) >= 11 is 0. The van der Waals surface area contributed by atoms with Crippen LogP contribution in [0.25, 0.3) is 22.1 Å². The Bertz CT molecular complexity index is 1520. The average Bonchev–Trinajstić information content (AvgIpc) is 2.90. The fraction of sp³-hybridized carbons (Fsp3) is 0.310. The molecule has 36 heavy (non-hydrogen) atoms. The third-order valence-electron chi connectivity index (χ3n) is 7.38. The van der Waals surface area contributed by atoms with Crippen LogP contribution in [0.1, 0.15) is 18.0 Å². The molecule has 0 radical (unpaired) electrons. The topological polar surface area (TPSA) is 73.9 Å². The van der Waals surface area contributed by atoms with Gasteiger partial charge in [0.15, 0.2) is 5.43 Å². The summed E-state index contributed by atoms with van der Waals surface area (Å²) in [5.74, 6) is 2.29. The molecule has 2 aliphatic heterocycles. The number of aromatic nitrogens is 1. The van der Waals surface area contributed by atoms with Gasteiger partial charge in [-0.15, -0.1) is 0 Å². The number of piperidine rings is 1. The number of methoxy groups -OCH3 is 1. The van der Waals surface area contributed by atoms with Crippen molar-refractivity contribution < 1.29 is 13.9 Å². The van der Waals surface area contributed by atoms with E-state index in [4.69, 9.17) is 13.9 Å². The van der Waals surface area contributed by atoms with Gasteiger partial charge in [0.25, 0.3) is 5.56 Å². The van der Waals surface area contributed by atoms with E-state index in [-0.39, 0.29) is 11.0 Å². The lowest BCUT2D eigenvalue weighted by molar-refractivity contribution is 0.104. The number of ether oxygens (including phenoxy) is 2. The molecule has 7 nitrogen and oxygen atoms in total. The van der Waals surface area contributed by atoms with Crippen LogP contribution in [-0.4, -0.2) is 42.8 Å². The third-order valence-corrected chi connectivity index (χ3v) is 7.38. The highest BCUT2D eigenvalue weighted by molar-refractivity contribution is 5.82. The van der Waals surface area contributed by atoms with E-state index in [0.29, 0.717) is 40.7 Å². The predicted octanol–water partition coefficient (Wildman–Crippen LogP) is 4.13. The maximum Gasteiger partial charge on any atom is 0.250 e. The molecule has 2 aromatic carbocycles. The van der Waals surface area contributed by atoms with Gasteiger partial charge >= 0.3 is 0 Å². The van der Waals surface area contributed by atoms with Crippen molar-refractivity contribution >= 4 is 11.0 Å². The van der Waals surface area contributed by atoms with Crippen LogP contribution < -0.4 is 20.5 Å². The van der Waals surface area contributed by atoms with E-state index < -0.39 is 0 Å². The molecule has 2 aromatic heterocycles. The Morgan fingerprint density at radius 3 is 2.64 bits per heavy atom. The Kier molecular flexibility index (Phi) is 5.85. The SMILES string of the molecule is COc1ccc(-c2coc3cc(OCCN4C[C@@H]5C[C@@H](C4)c4cccc(=O)n4C5)ccc3c2=O)cc1. The van der Waals surface area contributed by atoms with Crippen molar-refractivity contribution in [1.29, 1.82) is 0 Å². The van der Waals surface area contributed by atoms with E-state index in [1.165, 1.54) is 6.26 Å². The van der Waals surface area contributed by atoms with Crippen molar-refractivity contribution in [2.75, 3.05) is 33.4 Å². The molecule has 0 aliphatic carbocycles. The molecular weight excluding hydrogens is 456 g/mol. The first-order valence-electron chi connectivity index (χ1n) is 12.3. The van der Waals surface area contributed by atoms with Crippen LogP contribution in [0.2, 0.25) is 0 Å². The smallest absolute Gasteiger partial charge is 0.250 e. The second-order valence-corrected chi connectivity index (χ2v) is 9.67. The van der Waals surface area contributed by atoms with Crippen LogP contribution in [0.4, 0.5) is 0 Å². The molecule has 2 aliphatic rings. The standard InChI is InChI=1S/C29H28N2O5/c1-34-22-7-5-20(6-8-22)25-18-36-27-14-23(9-10-24(27)29(25)33)35-12-11-30-15-19-13-21(17-30)26-3-2-4-28(32)31(26)16-19/h2-10,14,18-19,21H,11-13,15-17H2,1H3/t19-,21-/m0/s1. The number of pyridine rings is 1. The second kappa shape index (κ2) is 9.32. The van der Waals surface area contributed by atoms with E-state index in [1.807, 2.05) is 41.0 Å². The lowest BCUT2D eigenvalue weighted by Gasteiger charge is -2.42. The van der Waals surface area contributed by atoms with Gasteiger partial charge in [0.1, 0.15) is 30.0 Å². The van der Waals surface area contributed by atoms with Crippen molar-refractivity contribution in [3.63, 3.8) is 0 Å². The summed E-state index contributed by atoms with van der Waals surface area (Å²) in [6.45, 7) is 4.06. The fourth-order valence-electron chi connectivity index (χ4n) is 5.64. The number of rotatable bonds is 6. The van der Waals surface area contributed by atoms with Crippen LogP contribution >= 0.6 is 0 Å². The summed E-state index contributed by atoms with van der Waals surface area (Å²) in [5, 5.41) is 0.522. The quantitative estimate of drug-likeness (QED) is 0.410. The first kappa shape index (κ1) is 22.6. The van der Waals surface area contributed by atoms with Gasteiger partial charge in [-0.05, 0) is 48.2 Å². The van der Waals surface area contributed by atoms with E-state index in [1.54, 1.807) is 25.3 Å². The van der Waals surface area contributed by atoms with Crippen molar-refractivity contribution in [3.05, 3.63) is 93.2 Å². The van der Waals surface area contributed by atoms with Crippen molar-refractivity contribution in [3.8, 4) is 22.6 Å². The van der Waals surface area contributed by atoms with Gasteiger partial charge in [-0.25, -0.2) is 0 Å². The van der Waals surface area contributed by atoms with Gasteiger partial charge in [0.2, 0.25) is 0 Å². The fourth-order valence-corrected chi connectivity index (χ4v) is 5.64. The van der Waals surface area contributed by atoms with Crippen LogP contribution in [-0.2, 0) is 6.54 Å². The van der Waals surface area contributed by atoms with E-state index in [2.05, 4.69) is 11.0 Å². The van der Waals surface area contributed by atoms with Crippen molar-refractivity contribution in [2.24, 2.45) is 5.92 Å². The molecular formula is C29H28N2O5. The minimum Gasteiger partial charge on any atom is -0.497 e. The molecule has 0 N–H and O–H groups in total. The Morgan fingerprint density at radius 2 is 1.81 bits per heavy atom. The number of hydrogen-bond donors (Lipinski definition) is 0. The molecule has 0 spiro atoms. The summed E-state index contributed by atoms with van der Waals surface area (Å²) < 4.78 is 19.0. The highest BCUT2D eigenvalue weighted by Crippen LogP contribution is 2.34. The predicted molar refractivity (Wildman–Crippen MR) is 138 cm³/mol. The van der Waals surface area contributed by atoms with E-state index in [9.17, 15) is 9.59 Å². The molecule has 184 valence electrons. The number of hydrogen-bond acceptors (Lipinski definition) is 6. The van der Waals surface area contributed by atoms with Gasteiger partial charge in [-0.3, -0.25) is 14.5 Å². The summed E-state index contributed by atoms with van der Waals surface area (Å²) in [6.07, 6.45) is 2.65. The van der Waals surface area contributed by atoms with Gasteiger partial charge in [-0.1, -0.05) is 18.2 Å². The molecule has 1 fully saturated rings. The number of fused-ring (bicyclic) bond motifs is 5. The van der Waals surface area contributed by atoms with Crippen LogP contribution in [0.15, 0.2) is 80.9 Å². The van der Waals surface area contributed by atoms with Crippen molar-refractivity contribution in [2.45, 2.75) is 18.9 Å². The van der Waals surface area contributed by atoms with Gasteiger partial charge in [0.05, 0.1) is 18.1 Å². The van der Waals surface area contributed by atoms with Crippen molar-refractivity contribution in [1.82, 2.24) is 9.47 Å². The Hall–Kier alpha value is -3.84. The van der Waals surface area contributed by atoms with Gasteiger partial charge in [-0.2, -0.15) is 0 Å². The third kappa shape index (κ3) is 4.20. The molecule has 6 rings (SSSR count). The summed E-state index contributed by atoms with van der Waals surface area (Å²) in [6, 6.07) is 18.3. The monoisotopic (exact) mass is 484 g/mol. The Morgan fingerprint density at radius 1 is 0.972 bits per heavy atom. The van der Waals surface area contributed by atoms with Crippen LogP contribution in [0, 0.1) is 5.92 Å². The molecule has 2 atom stereocenters. The highest BCUT2D eigenvalue weighted by Gasteiger charge is 2.34. The normalized spacial score (nSPS) is 19.1. The molecule has 1 saturated heterocycles. The number of benzene rings is 2. The van der Waals surface area contributed by atoms with E-state index in [0.717, 1.165) is 49.6 Å². The van der Waals surface area contributed by atoms with E-state index >= 15 is 0 Å². The highest BCUT2D eigenvalue weighted by atomic mass is 16.5. The minimum atomic E-state index is -0.0767.